The van der Waals surface area contributed by atoms with E-state index in [2.05, 4.69) is 5.32 Å². The zero-order valence-corrected chi connectivity index (χ0v) is 15.9. The molecule has 2 rings (SSSR count). The van der Waals surface area contributed by atoms with Gasteiger partial charge in [-0.2, -0.15) is 4.31 Å². The van der Waals surface area contributed by atoms with Crippen LogP contribution in [0.25, 0.3) is 0 Å². The number of likely N-dealkylation sites (tertiary alicyclic amines) is 1. The van der Waals surface area contributed by atoms with E-state index >= 15 is 0 Å². The molecule has 8 nitrogen and oxygen atoms in total. The molecule has 1 aliphatic heterocycles. The van der Waals surface area contributed by atoms with Crippen LogP contribution in [0, 0.1) is 0 Å². The Morgan fingerprint density at radius 3 is 2.19 bits per heavy atom. The Balaban J connectivity index is 1.95. The molecule has 1 aromatic rings. The third-order valence-corrected chi connectivity index (χ3v) is 6.31. The number of nitrogens with zero attached hydrogens (tertiary/aromatic N) is 2. The van der Waals surface area contributed by atoms with Gasteiger partial charge in [-0.3, -0.25) is 19.3 Å². The fourth-order valence-electron chi connectivity index (χ4n) is 2.46. The molecule has 0 atom stereocenters. The summed E-state index contributed by atoms with van der Waals surface area (Å²) in [5.41, 5.74) is 0.445. The molecule has 0 aliphatic carbocycles. The van der Waals surface area contributed by atoms with Crippen molar-refractivity contribution in [1.82, 2.24) is 9.21 Å². The lowest BCUT2D eigenvalue weighted by Gasteiger charge is -2.21. The zero-order chi connectivity index (χ0) is 19.5. The average Bonchev–Trinajstić information content (AvgIpc) is 2.91. The van der Waals surface area contributed by atoms with Crippen LogP contribution in [0.5, 0.6) is 0 Å². The highest BCUT2D eigenvalue weighted by Crippen LogP contribution is 2.19. The number of imide groups is 1. The lowest BCUT2D eigenvalue weighted by atomic mass is 10.3. The van der Waals surface area contributed by atoms with Crippen molar-refractivity contribution in [3.8, 4) is 0 Å². The Labute approximate surface area is 153 Å². The molecule has 0 unspecified atom stereocenters. The summed E-state index contributed by atoms with van der Waals surface area (Å²) < 4.78 is 26.0. The topological polar surface area (TPSA) is 104 Å². The lowest BCUT2D eigenvalue weighted by molar-refractivity contribution is -0.138. The van der Waals surface area contributed by atoms with Gasteiger partial charge in [0.1, 0.15) is 0 Å². The van der Waals surface area contributed by atoms with Crippen molar-refractivity contribution in [3.63, 3.8) is 0 Å². The number of hydrogen-bond donors (Lipinski definition) is 1. The van der Waals surface area contributed by atoms with Crippen LogP contribution < -0.4 is 5.32 Å². The predicted molar refractivity (Wildman–Crippen MR) is 95.7 cm³/mol. The molecule has 1 aromatic carbocycles. The van der Waals surface area contributed by atoms with Crippen LogP contribution in [-0.4, -0.2) is 55.0 Å². The first-order chi connectivity index (χ1) is 12.1. The molecule has 0 bridgehead atoms. The molecule has 1 aliphatic rings. The molecular formula is C17H23N3O5S. The first kappa shape index (κ1) is 20.1. The van der Waals surface area contributed by atoms with Gasteiger partial charge in [0.15, 0.2) is 0 Å². The van der Waals surface area contributed by atoms with Gasteiger partial charge in [-0.15, -0.1) is 0 Å². The molecule has 1 N–H and O–H groups in total. The maximum absolute atomic E-state index is 12.4. The molecule has 3 amide bonds. The van der Waals surface area contributed by atoms with Crippen LogP contribution in [0.15, 0.2) is 29.2 Å². The Bertz CT molecular complexity index is 786. The monoisotopic (exact) mass is 381 g/mol. The number of carbonyl (C=O) groups excluding carboxylic acids is 3. The van der Waals surface area contributed by atoms with Crippen molar-refractivity contribution in [3.05, 3.63) is 24.3 Å². The summed E-state index contributed by atoms with van der Waals surface area (Å²) in [5.74, 6) is -0.870. The summed E-state index contributed by atoms with van der Waals surface area (Å²) in [6.07, 6.45) is 0.385. The highest BCUT2D eigenvalue weighted by atomic mass is 32.2. The lowest BCUT2D eigenvalue weighted by Crippen LogP contribution is -2.33. The van der Waals surface area contributed by atoms with Gasteiger partial charge in [0.25, 0.3) is 0 Å². The molecule has 1 heterocycles. The second-order valence-electron chi connectivity index (χ2n) is 6.38. The summed E-state index contributed by atoms with van der Waals surface area (Å²) in [6.45, 7) is 3.61. The number of carbonyl (C=O) groups is 3. The highest BCUT2D eigenvalue weighted by Gasteiger charge is 2.28. The van der Waals surface area contributed by atoms with E-state index in [1.165, 1.54) is 35.6 Å². The Kier molecular flexibility index (Phi) is 6.14. The molecule has 0 spiro atoms. The van der Waals surface area contributed by atoms with Gasteiger partial charge in [-0.25, -0.2) is 8.42 Å². The van der Waals surface area contributed by atoms with E-state index in [1.54, 1.807) is 13.8 Å². The summed E-state index contributed by atoms with van der Waals surface area (Å²) in [4.78, 5) is 36.2. The number of rotatable bonds is 7. The van der Waals surface area contributed by atoms with E-state index in [0.29, 0.717) is 5.69 Å². The van der Waals surface area contributed by atoms with Crippen LogP contribution in [0.2, 0.25) is 0 Å². The van der Waals surface area contributed by atoms with Crippen LogP contribution in [0.1, 0.15) is 33.1 Å². The van der Waals surface area contributed by atoms with Crippen LogP contribution in [0.4, 0.5) is 5.69 Å². The standard InChI is InChI=1S/C17H23N3O5S/c1-12(2)19(3)26(24,25)14-6-4-13(5-7-14)18-15(21)10-11-20-16(22)8-9-17(20)23/h4-7,12H,8-11H2,1-3H3,(H,18,21). The number of amides is 3. The molecule has 9 heteroatoms. The van der Waals surface area contributed by atoms with Gasteiger partial charge in [0.05, 0.1) is 4.90 Å². The van der Waals surface area contributed by atoms with Gasteiger partial charge in [0.2, 0.25) is 27.7 Å². The maximum atomic E-state index is 12.4. The Morgan fingerprint density at radius 2 is 1.69 bits per heavy atom. The number of benzene rings is 1. The van der Waals surface area contributed by atoms with E-state index < -0.39 is 10.0 Å². The minimum atomic E-state index is -3.58. The van der Waals surface area contributed by atoms with Crippen molar-refractivity contribution in [2.24, 2.45) is 0 Å². The Morgan fingerprint density at radius 1 is 1.15 bits per heavy atom. The summed E-state index contributed by atoms with van der Waals surface area (Å²) >= 11 is 0. The van der Waals surface area contributed by atoms with Crippen molar-refractivity contribution < 1.29 is 22.8 Å². The van der Waals surface area contributed by atoms with Gasteiger partial charge in [-0.05, 0) is 38.1 Å². The maximum Gasteiger partial charge on any atom is 0.243 e. The highest BCUT2D eigenvalue weighted by molar-refractivity contribution is 7.89. The third kappa shape index (κ3) is 4.47. The van der Waals surface area contributed by atoms with Crippen LogP contribution >= 0.6 is 0 Å². The minimum absolute atomic E-state index is 0.00633. The average molecular weight is 381 g/mol. The largest absolute Gasteiger partial charge is 0.326 e. The first-order valence-corrected chi connectivity index (χ1v) is 9.78. The van der Waals surface area contributed by atoms with Gasteiger partial charge in [-0.1, -0.05) is 0 Å². The number of nitrogens with one attached hydrogen (secondary N) is 1. The second-order valence-corrected chi connectivity index (χ2v) is 8.37. The van der Waals surface area contributed by atoms with E-state index in [9.17, 15) is 22.8 Å². The van der Waals surface area contributed by atoms with Crippen molar-refractivity contribution in [1.29, 1.82) is 0 Å². The molecule has 26 heavy (non-hydrogen) atoms. The minimum Gasteiger partial charge on any atom is -0.326 e. The number of sulfonamides is 1. The van der Waals surface area contributed by atoms with Crippen LogP contribution in [-0.2, 0) is 24.4 Å². The summed E-state index contributed by atoms with van der Waals surface area (Å²) in [6, 6.07) is 5.70. The predicted octanol–water partition coefficient (Wildman–Crippen LogP) is 1.19. The normalized spacial score (nSPS) is 15.2. The first-order valence-electron chi connectivity index (χ1n) is 8.34. The molecule has 0 saturated carbocycles. The van der Waals surface area contributed by atoms with Crippen molar-refractivity contribution >= 4 is 33.4 Å². The van der Waals surface area contributed by atoms with Gasteiger partial charge in [0, 0.05) is 44.6 Å². The third-order valence-electron chi connectivity index (χ3n) is 4.26. The molecule has 0 radical (unpaired) electrons. The molecule has 1 saturated heterocycles. The summed E-state index contributed by atoms with van der Waals surface area (Å²) in [7, 11) is -2.07. The van der Waals surface area contributed by atoms with Crippen LogP contribution in [0.3, 0.4) is 0 Å². The van der Waals surface area contributed by atoms with E-state index in [4.69, 9.17) is 0 Å². The number of hydrogen-bond acceptors (Lipinski definition) is 5. The SMILES string of the molecule is CC(C)N(C)S(=O)(=O)c1ccc(NC(=O)CCN2C(=O)CCC2=O)cc1. The molecular weight excluding hydrogens is 358 g/mol. The van der Waals surface area contributed by atoms with Gasteiger partial charge >= 0.3 is 0 Å². The van der Waals surface area contributed by atoms with Crippen molar-refractivity contribution in [2.45, 2.75) is 44.0 Å². The quantitative estimate of drug-likeness (QED) is 0.715. The number of anilines is 1. The van der Waals surface area contributed by atoms with Gasteiger partial charge < -0.3 is 5.32 Å². The Hall–Kier alpha value is -2.26. The zero-order valence-electron chi connectivity index (χ0n) is 15.1. The fraction of sp³-hybridized carbons (Fsp3) is 0.471. The fourth-order valence-corrected chi connectivity index (χ4v) is 3.83. The molecule has 142 valence electrons. The van der Waals surface area contributed by atoms with E-state index in [-0.39, 0.29) is 54.5 Å². The van der Waals surface area contributed by atoms with Crippen molar-refractivity contribution in [2.75, 3.05) is 18.9 Å². The molecule has 0 aromatic heterocycles. The second kappa shape index (κ2) is 7.96. The summed E-state index contributed by atoms with van der Waals surface area (Å²) in [5, 5.41) is 2.63. The van der Waals surface area contributed by atoms with E-state index in [1.807, 2.05) is 0 Å². The van der Waals surface area contributed by atoms with E-state index in [0.717, 1.165) is 4.90 Å². The smallest absolute Gasteiger partial charge is 0.243 e. The molecule has 1 fully saturated rings.